The lowest BCUT2D eigenvalue weighted by Crippen LogP contribution is -2.22. The Morgan fingerprint density at radius 2 is 2.15 bits per heavy atom. The van der Waals surface area contributed by atoms with Gasteiger partial charge in [0.1, 0.15) is 0 Å². The molecule has 1 saturated carbocycles. The fourth-order valence-corrected chi connectivity index (χ4v) is 3.83. The van der Waals surface area contributed by atoms with E-state index >= 15 is 0 Å². The van der Waals surface area contributed by atoms with Crippen LogP contribution in [-0.2, 0) is 0 Å². The highest BCUT2D eigenvalue weighted by Gasteiger charge is 2.27. The quantitative estimate of drug-likeness (QED) is 0.399. The van der Waals surface area contributed by atoms with Gasteiger partial charge in [-0.1, -0.05) is 53.9 Å². The molecule has 1 fully saturated rings. The molecule has 1 rings (SSSR count). The third-order valence-corrected chi connectivity index (χ3v) is 9.82. The molecule has 0 heterocycles. The zero-order valence-corrected chi connectivity index (χ0v) is 12.0. The predicted octanol–water partition coefficient (Wildman–Crippen LogP) is 4.54. The molecule has 1 aliphatic rings. The average molecular weight is 306 g/mol. The Labute approximate surface area is 96.6 Å². The summed E-state index contributed by atoms with van der Waals surface area (Å²) in [6.07, 6.45) is 6.15. The van der Waals surface area contributed by atoms with Gasteiger partial charge in [-0.05, 0) is 28.4 Å². The molecule has 0 saturated heterocycles. The fraction of sp³-hybridized carbons (Fsp3) is 0.636. The van der Waals surface area contributed by atoms with Gasteiger partial charge in [0.05, 0.1) is 8.07 Å². The molecule has 74 valence electrons. The minimum atomic E-state index is -1.07. The summed E-state index contributed by atoms with van der Waals surface area (Å²) in [5.74, 6) is 0.693. The van der Waals surface area contributed by atoms with Gasteiger partial charge in [-0.2, -0.15) is 0 Å². The Morgan fingerprint density at radius 1 is 1.54 bits per heavy atom. The Hall–Kier alpha value is 0.427. The second kappa shape index (κ2) is 4.30. The molecule has 0 nitrogen and oxygen atoms in total. The lowest BCUT2D eigenvalue weighted by atomic mass is 10.1. The van der Waals surface area contributed by atoms with E-state index in [-0.39, 0.29) is 0 Å². The smallest absolute Gasteiger partial charge is 0.0854 e. The maximum atomic E-state index is 3.94. The van der Waals surface area contributed by atoms with E-state index in [0.717, 1.165) is 0 Å². The molecule has 0 aromatic heterocycles. The van der Waals surface area contributed by atoms with Crippen LogP contribution in [0.5, 0.6) is 0 Å². The summed E-state index contributed by atoms with van der Waals surface area (Å²) in [6, 6.07) is 0. The van der Waals surface area contributed by atoms with E-state index in [0.29, 0.717) is 5.92 Å². The molecule has 0 aromatic rings. The van der Waals surface area contributed by atoms with Gasteiger partial charge in [-0.3, -0.25) is 0 Å². The Balaban J connectivity index is 2.96. The van der Waals surface area contributed by atoms with Crippen molar-refractivity contribution in [1.29, 1.82) is 0 Å². The first-order valence-corrected chi connectivity index (χ1v) is 9.56. The zero-order valence-electron chi connectivity index (χ0n) is 8.86. The molecule has 13 heavy (non-hydrogen) atoms. The maximum absolute atomic E-state index is 3.94. The van der Waals surface area contributed by atoms with Crippen LogP contribution < -0.4 is 0 Å². The number of hydrogen-bond acceptors (Lipinski definition) is 0. The molecule has 1 aliphatic carbocycles. The maximum Gasteiger partial charge on any atom is 0.0854 e. The van der Waals surface area contributed by atoms with E-state index in [4.69, 9.17) is 0 Å². The van der Waals surface area contributed by atoms with Crippen molar-refractivity contribution in [2.24, 2.45) is 5.92 Å². The van der Waals surface area contributed by atoms with Crippen molar-refractivity contribution >= 4 is 30.7 Å². The van der Waals surface area contributed by atoms with Crippen molar-refractivity contribution < 1.29 is 0 Å². The second-order valence-electron chi connectivity index (χ2n) is 4.82. The van der Waals surface area contributed by atoms with Crippen LogP contribution in [0.3, 0.4) is 0 Å². The minimum absolute atomic E-state index is 0.693. The van der Waals surface area contributed by atoms with E-state index in [9.17, 15) is 0 Å². The molecular weight excluding hydrogens is 287 g/mol. The van der Waals surface area contributed by atoms with E-state index < -0.39 is 8.07 Å². The normalized spacial score (nSPS) is 27.5. The van der Waals surface area contributed by atoms with Crippen molar-refractivity contribution in [3.8, 4) is 0 Å². The minimum Gasteiger partial charge on any atom is -0.102 e. The van der Waals surface area contributed by atoms with Crippen LogP contribution in [0.4, 0.5) is 0 Å². The number of hydrogen-bond donors (Lipinski definition) is 0. The van der Waals surface area contributed by atoms with E-state index in [1.165, 1.54) is 19.3 Å². The highest BCUT2D eigenvalue weighted by molar-refractivity contribution is 14.1. The molecule has 1 atom stereocenters. The van der Waals surface area contributed by atoms with Gasteiger partial charge in [0, 0.05) is 0 Å². The molecule has 0 spiro atoms. The predicted molar refractivity (Wildman–Crippen MR) is 71.9 cm³/mol. The van der Waals surface area contributed by atoms with Gasteiger partial charge in [0.15, 0.2) is 0 Å². The third kappa shape index (κ3) is 2.69. The standard InChI is InChI=1S/C11H19ISi/c1-5-9-7-6-8-10(9)11(12)13(2,3)4/h5,9H,1,6-8H2,2-4H3/b11-10+. The number of allylic oxidation sites excluding steroid dienone is 2. The number of halogens is 1. The van der Waals surface area contributed by atoms with Crippen molar-refractivity contribution in [2.75, 3.05) is 0 Å². The van der Waals surface area contributed by atoms with Gasteiger partial charge in [0.2, 0.25) is 0 Å². The summed E-state index contributed by atoms with van der Waals surface area (Å²) >= 11 is 2.58. The van der Waals surface area contributed by atoms with E-state index in [1.54, 1.807) is 8.78 Å². The molecule has 2 heteroatoms. The molecule has 0 radical (unpaired) electrons. The average Bonchev–Trinajstić information content (AvgIpc) is 2.48. The third-order valence-electron chi connectivity index (χ3n) is 2.63. The molecule has 0 aliphatic heterocycles. The van der Waals surface area contributed by atoms with Crippen LogP contribution in [-0.4, -0.2) is 8.07 Å². The van der Waals surface area contributed by atoms with Gasteiger partial charge >= 0.3 is 0 Å². The van der Waals surface area contributed by atoms with Gasteiger partial charge < -0.3 is 0 Å². The monoisotopic (exact) mass is 306 g/mol. The van der Waals surface area contributed by atoms with Crippen molar-refractivity contribution in [3.05, 3.63) is 21.4 Å². The molecule has 0 aromatic carbocycles. The van der Waals surface area contributed by atoms with Gasteiger partial charge in [0.25, 0.3) is 0 Å². The molecule has 1 unspecified atom stereocenters. The lowest BCUT2D eigenvalue weighted by molar-refractivity contribution is 0.767. The van der Waals surface area contributed by atoms with Crippen LogP contribution in [0.25, 0.3) is 0 Å². The SMILES string of the molecule is C=CC1CCC/C1=C(/I)[Si](C)(C)C. The molecule has 0 amide bonds. The molecule has 0 N–H and O–H groups in total. The molecular formula is C11H19ISi. The first-order chi connectivity index (χ1) is 5.96. The second-order valence-corrected chi connectivity index (χ2v) is 11.9. The van der Waals surface area contributed by atoms with E-state index in [1.807, 2.05) is 0 Å². The number of rotatable bonds is 2. The Morgan fingerprint density at radius 3 is 2.62 bits per heavy atom. The van der Waals surface area contributed by atoms with Crippen molar-refractivity contribution in [2.45, 2.75) is 38.9 Å². The van der Waals surface area contributed by atoms with Crippen LogP contribution in [0.1, 0.15) is 19.3 Å². The Kier molecular flexibility index (Phi) is 3.80. The highest BCUT2D eigenvalue weighted by Crippen LogP contribution is 2.39. The molecule has 0 bridgehead atoms. The summed E-state index contributed by atoms with van der Waals surface area (Å²) in [5.41, 5.74) is 1.70. The van der Waals surface area contributed by atoms with Crippen molar-refractivity contribution in [3.63, 3.8) is 0 Å². The summed E-state index contributed by atoms with van der Waals surface area (Å²) in [6.45, 7) is 11.2. The lowest BCUT2D eigenvalue weighted by Gasteiger charge is -2.20. The Bertz CT molecular complexity index is 235. The van der Waals surface area contributed by atoms with Crippen LogP contribution in [0.15, 0.2) is 21.4 Å². The summed E-state index contributed by atoms with van der Waals surface area (Å²) in [7, 11) is -1.07. The largest absolute Gasteiger partial charge is 0.102 e. The summed E-state index contributed by atoms with van der Waals surface area (Å²) < 4.78 is 1.69. The van der Waals surface area contributed by atoms with Gasteiger partial charge in [-0.15, -0.1) is 6.58 Å². The summed E-state index contributed by atoms with van der Waals surface area (Å²) in [5, 5.41) is 0. The van der Waals surface area contributed by atoms with Crippen LogP contribution >= 0.6 is 22.6 Å². The topological polar surface area (TPSA) is 0 Å². The van der Waals surface area contributed by atoms with Crippen LogP contribution in [0, 0.1) is 5.92 Å². The van der Waals surface area contributed by atoms with Crippen LogP contribution in [0.2, 0.25) is 19.6 Å². The zero-order chi connectivity index (χ0) is 10.1. The van der Waals surface area contributed by atoms with E-state index in [2.05, 4.69) is 54.9 Å². The summed E-state index contributed by atoms with van der Waals surface area (Å²) in [4.78, 5) is 0. The van der Waals surface area contributed by atoms with Crippen molar-refractivity contribution in [1.82, 2.24) is 0 Å². The van der Waals surface area contributed by atoms with Gasteiger partial charge in [-0.25, -0.2) is 0 Å². The fourth-order valence-electron chi connectivity index (χ4n) is 1.89. The first-order valence-electron chi connectivity index (χ1n) is 4.98. The first kappa shape index (κ1) is 11.5. The highest BCUT2D eigenvalue weighted by atomic mass is 127.